The van der Waals surface area contributed by atoms with Crippen LogP contribution >= 0.6 is 0 Å². The number of amides is 1. The number of anilines is 2. The van der Waals surface area contributed by atoms with Gasteiger partial charge in [0.1, 0.15) is 11.1 Å². The Labute approximate surface area is 169 Å². The summed E-state index contributed by atoms with van der Waals surface area (Å²) in [6, 6.07) is 19.8. The summed E-state index contributed by atoms with van der Waals surface area (Å²) in [6.45, 7) is 0. The van der Waals surface area contributed by atoms with Crippen LogP contribution in [0.4, 0.5) is 11.4 Å². The highest BCUT2D eigenvalue weighted by molar-refractivity contribution is 7.92. The molecule has 148 valence electrons. The smallest absolute Gasteiger partial charge is 0.255 e. The molecule has 3 aromatic carbocycles. The normalized spacial score (nSPS) is 15.8. The molecule has 1 unspecified atom stereocenters. The van der Waals surface area contributed by atoms with Gasteiger partial charge in [-0.2, -0.15) is 0 Å². The fourth-order valence-corrected chi connectivity index (χ4v) is 4.95. The van der Waals surface area contributed by atoms with E-state index in [2.05, 4.69) is 10.6 Å². The lowest BCUT2D eigenvalue weighted by Crippen LogP contribution is -2.33. The molecule has 0 saturated heterocycles. The molecule has 0 spiro atoms. The van der Waals surface area contributed by atoms with Gasteiger partial charge < -0.3 is 15.7 Å². The molecule has 0 fully saturated rings. The number of phenolic OH excluding ortho intramolecular Hbond substituents is 1. The van der Waals surface area contributed by atoms with Gasteiger partial charge in [-0.15, -0.1) is 0 Å². The summed E-state index contributed by atoms with van der Waals surface area (Å²) in [7, 11) is -3.59. The number of phenols is 1. The number of benzene rings is 3. The number of carbonyl (C=O) groups is 1. The van der Waals surface area contributed by atoms with Gasteiger partial charge in [0, 0.05) is 23.0 Å². The average Bonchev–Trinajstić information content (AvgIpc) is 2.73. The van der Waals surface area contributed by atoms with Gasteiger partial charge in [-0.05, 0) is 60.9 Å². The fourth-order valence-electron chi connectivity index (χ4n) is 3.39. The minimum atomic E-state index is -3.59. The number of rotatable bonds is 4. The van der Waals surface area contributed by atoms with Crippen molar-refractivity contribution >= 4 is 27.1 Å². The Morgan fingerprint density at radius 3 is 2.52 bits per heavy atom. The van der Waals surface area contributed by atoms with Crippen molar-refractivity contribution in [2.24, 2.45) is 0 Å². The van der Waals surface area contributed by atoms with Crippen LogP contribution in [0.5, 0.6) is 5.75 Å². The van der Waals surface area contributed by atoms with Gasteiger partial charge in [-0.3, -0.25) is 4.79 Å². The van der Waals surface area contributed by atoms with Crippen molar-refractivity contribution in [3.63, 3.8) is 0 Å². The Hall–Kier alpha value is -3.32. The Morgan fingerprint density at radius 1 is 1.00 bits per heavy atom. The lowest BCUT2D eigenvalue weighted by molar-refractivity contribution is 0.102. The van der Waals surface area contributed by atoms with Gasteiger partial charge in [0.15, 0.2) is 9.84 Å². The molecule has 1 atom stereocenters. The first-order valence-electron chi connectivity index (χ1n) is 9.22. The molecule has 6 nitrogen and oxygen atoms in total. The average molecular weight is 408 g/mol. The summed E-state index contributed by atoms with van der Waals surface area (Å²) in [6.07, 6.45) is 1.18. The molecule has 1 heterocycles. The van der Waals surface area contributed by atoms with Crippen LogP contribution in [0, 0.1) is 0 Å². The number of aryl methyl sites for hydroxylation is 1. The van der Waals surface area contributed by atoms with Crippen LogP contribution in [-0.2, 0) is 16.3 Å². The summed E-state index contributed by atoms with van der Waals surface area (Å²) >= 11 is 0. The van der Waals surface area contributed by atoms with E-state index < -0.39 is 15.2 Å². The molecule has 0 aliphatic carbocycles. The standard InChI is InChI=1S/C22H20N2O4S/c25-18-6-3-5-17(14-18)23-22(26)16-8-11-19(12-9-16)29(27,28)21-13-10-15-4-1-2-7-20(15)24-21/h1-9,11-12,14,21,24-25H,10,13H2,(H,23,26). The lowest BCUT2D eigenvalue weighted by Gasteiger charge is -2.26. The SMILES string of the molecule is O=C(Nc1cccc(O)c1)c1ccc(S(=O)(=O)C2CCc3ccccc3N2)cc1. The molecule has 0 saturated carbocycles. The molecular formula is C22H20N2O4S. The molecule has 1 aliphatic rings. The molecule has 29 heavy (non-hydrogen) atoms. The van der Waals surface area contributed by atoms with Gasteiger partial charge in [-0.1, -0.05) is 24.3 Å². The molecule has 3 aromatic rings. The van der Waals surface area contributed by atoms with Crippen LogP contribution < -0.4 is 10.6 Å². The monoisotopic (exact) mass is 408 g/mol. The van der Waals surface area contributed by atoms with E-state index in [4.69, 9.17) is 0 Å². The van der Waals surface area contributed by atoms with Crippen molar-refractivity contribution in [1.29, 1.82) is 0 Å². The highest BCUT2D eigenvalue weighted by Crippen LogP contribution is 2.29. The van der Waals surface area contributed by atoms with Crippen molar-refractivity contribution in [2.75, 3.05) is 10.6 Å². The topological polar surface area (TPSA) is 95.5 Å². The molecule has 0 radical (unpaired) electrons. The van der Waals surface area contributed by atoms with Crippen LogP contribution in [-0.4, -0.2) is 24.8 Å². The largest absolute Gasteiger partial charge is 0.508 e. The zero-order valence-electron chi connectivity index (χ0n) is 15.5. The summed E-state index contributed by atoms with van der Waals surface area (Å²) in [5.41, 5.74) is 2.73. The number of hydrogen-bond acceptors (Lipinski definition) is 5. The summed E-state index contributed by atoms with van der Waals surface area (Å²) in [5.74, 6) is -0.338. The van der Waals surface area contributed by atoms with Crippen molar-refractivity contribution in [3.8, 4) is 5.75 Å². The molecule has 1 aliphatic heterocycles. The maximum atomic E-state index is 13.0. The molecule has 7 heteroatoms. The summed E-state index contributed by atoms with van der Waals surface area (Å²) in [4.78, 5) is 12.5. The van der Waals surface area contributed by atoms with Crippen LogP contribution in [0.25, 0.3) is 0 Å². The first kappa shape index (κ1) is 19.0. The Bertz CT molecular complexity index is 1160. The highest BCUT2D eigenvalue weighted by atomic mass is 32.2. The zero-order valence-corrected chi connectivity index (χ0v) is 16.3. The van der Waals surface area contributed by atoms with Gasteiger partial charge in [0.05, 0.1) is 4.90 Å². The van der Waals surface area contributed by atoms with Crippen LogP contribution in [0.2, 0.25) is 0 Å². The number of hydrogen-bond donors (Lipinski definition) is 3. The number of aromatic hydroxyl groups is 1. The van der Waals surface area contributed by atoms with Crippen LogP contribution in [0.1, 0.15) is 22.3 Å². The van der Waals surface area contributed by atoms with E-state index in [0.717, 1.165) is 11.3 Å². The Kier molecular flexibility index (Phi) is 4.98. The number of carbonyl (C=O) groups excluding carboxylic acids is 1. The highest BCUT2D eigenvalue weighted by Gasteiger charge is 2.30. The van der Waals surface area contributed by atoms with Crippen molar-refractivity contribution in [1.82, 2.24) is 0 Å². The van der Waals surface area contributed by atoms with E-state index in [1.807, 2.05) is 24.3 Å². The first-order valence-corrected chi connectivity index (χ1v) is 10.8. The molecule has 1 amide bonds. The van der Waals surface area contributed by atoms with Crippen LogP contribution in [0.3, 0.4) is 0 Å². The second-order valence-electron chi connectivity index (χ2n) is 6.90. The van der Waals surface area contributed by atoms with Gasteiger partial charge in [0.2, 0.25) is 0 Å². The Morgan fingerprint density at radius 2 is 1.76 bits per heavy atom. The molecular weight excluding hydrogens is 388 g/mol. The number of nitrogens with one attached hydrogen (secondary N) is 2. The fraction of sp³-hybridized carbons (Fsp3) is 0.136. The van der Waals surface area contributed by atoms with E-state index >= 15 is 0 Å². The third-order valence-electron chi connectivity index (χ3n) is 4.93. The molecule has 3 N–H and O–H groups in total. The maximum Gasteiger partial charge on any atom is 0.255 e. The summed E-state index contributed by atoms with van der Waals surface area (Å²) in [5, 5.41) is 14.6. The Balaban J connectivity index is 1.50. The van der Waals surface area contributed by atoms with Gasteiger partial charge in [0.25, 0.3) is 5.91 Å². The maximum absolute atomic E-state index is 13.0. The third kappa shape index (κ3) is 3.95. The first-order chi connectivity index (χ1) is 13.9. The van der Waals surface area contributed by atoms with Crippen molar-refractivity contribution in [2.45, 2.75) is 23.1 Å². The van der Waals surface area contributed by atoms with E-state index in [9.17, 15) is 18.3 Å². The van der Waals surface area contributed by atoms with E-state index in [1.54, 1.807) is 12.1 Å². The second-order valence-corrected chi connectivity index (χ2v) is 9.03. The zero-order chi connectivity index (χ0) is 20.4. The van der Waals surface area contributed by atoms with E-state index in [-0.39, 0.29) is 16.6 Å². The van der Waals surface area contributed by atoms with Crippen LogP contribution in [0.15, 0.2) is 77.7 Å². The molecule has 0 aromatic heterocycles. The minimum absolute atomic E-state index is 0.0470. The minimum Gasteiger partial charge on any atom is -0.508 e. The van der Waals surface area contributed by atoms with E-state index in [1.165, 1.54) is 36.4 Å². The lowest BCUT2D eigenvalue weighted by atomic mass is 10.0. The predicted molar refractivity (Wildman–Crippen MR) is 112 cm³/mol. The number of fused-ring (bicyclic) bond motifs is 1. The molecule has 4 rings (SSSR count). The number of sulfone groups is 1. The van der Waals surface area contributed by atoms with Gasteiger partial charge in [-0.25, -0.2) is 8.42 Å². The van der Waals surface area contributed by atoms with Crippen molar-refractivity contribution in [3.05, 3.63) is 83.9 Å². The second kappa shape index (κ2) is 7.60. The quantitative estimate of drug-likeness (QED) is 0.610. The predicted octanol–water partition coefficient (Wildman–Crippen LogP) is 3.80. The number of para-hydroxylation sites is 1. The third-order valence-corrected chi connectivity index (χ3v) is 6.97. The van der Waals surface area contributed by atoms with Crippen molar-refractivity contribution < 1.29 is 18.3 Å². The summed E-state index contributed by atoms with van der Waals surface area (Å²) < 4.78 is 26.0. The molecule has 0 bridgehead atoms. The van der Waals surface area contributed by atoms with E-state index in [0.29, 0.717) is 24.1 Å². The van der Waals surface area contributed by atoms with Gasteiger partial charge >= 0.3 is 0 Å².